The number of fused-ring (bicyclic) bond motifs is 1. The maximum atomic E-state index is 13.0. The molecule has 2 aliphatic rings. The van der Waals surface area contributed by atoms with E-state index in [1.807, 2.05) is 31.2 Å². The van der Waals surface area contributed by atoms with Crippen LogP contribution >= 0.6 is 11.6 Å². The molecule has 0 aliphatic carbocycles. The van der Waals surface area contributed by atoms with Gasteiger partial charge in [0.1, 0.15) is 18.0 Å². The molecule has 2 heterocycles. The lowest BCUT2D eigenvalue weighted by atomic mass is 9.97. The predicted octanol–water partition coefficient (Wildman–Crippen LogP) is 2.93. The van der Waals surface area contributed by atoms with Gasteiger partial charge in [0.15, 0.2) is 24.5 Å². The van der Waals surface area contributed by atoms with Gasteiger partial charge in [0.25, 0.3) is 0 Å². The van der Waals surface area contributed by atoms with E-state index >= 15 is 0 Å². The zero-order valence-electron chi connectivity index (χ0n) is 17.1. The molecule has 31 heavy (non-hydrogen) atoms. The highest BCUT2D eigenvalue weighted by molar-refractivity contribution is 6.31. The summed E-state index contributed by atoms with van der Waals surface area (Å²) in [5.74, 6) is -1.11. The van der Waals surface area contributed by atoms with Gasteiger partial charge in [0.05, 0.1) is 6.61 Å². The van der Waals surface area contributed by atoms with Crippen LogP contribution in [-0.2, 0) is 25.4 Å². The molecule has 2 aromatic carbocycles. The number of hydrogen-bond donors (Lipinski definition) is 1. The molecule has 2 aromatic rings. The first-order chi connectivity index (χ1) is 14.8. The molecule has 2 saturated heterocycles. The van der Waals surface area contributed by atoms with Crippen LogP contribution in [0.25, 0.3) is 0 Å². The summed E-state index contributed by atoms with van der Waals surface area (Å²) in [5.41, 5.74) is 2.13. The molecule has 2 fully saturated rings. The maximum Gasteiger partial charge on any atom is 0.225 e. The zero-order chi connectivity index (χ0) is 22.2. The fourth-order valence-corrected chi connectivity index (χ4v) is 3.96. The number of ether oxygens (including phenoxy) is 4. The molecule has 0 spiro atoms. The number of rotatable bonds is 7. The SMILES string of the molecule is CCOc1ccc(Cc2cc(C(=O)[C@@H]3O[C@H]4OC(C)(C=O)O[C@H]4[C@@H]3O)ccc2Cl)cc1. The third-order valence-corrected chi connectivity index (χ3v) is 5.72. The Morgan fingerprint density at radius 3 is 2.61 bits per heavy atom. The van der Waals surface area contributed by atoms with Crippen molar-refractivity contribution in [2.45, 2.75) is 50.7 Å². The third kappa shape index (κ3) is 4.37. The van der Waals surface area contributed by atoms with Gasteiger partial charge in [0, 0.05) is 10.6 Å². The second-order valence-electron chi connectivity index (χ2n) is 7.67. The van der Waals surface area contributed by atoms with Gasteiger partial charge in [-0.3, -0.25) is 9.59 Å². The van der Waals surface area contributed by atoms with Crippen LogP contribution < -0.4 is 4.74 Å². The van der Waals surface area contributed by atoms with Crippen molar-refractivity contribution in [3.05, 3.63) is 64.2 Å². The zero-order valence-corrected chi connectivity index (χ0v) is 17.9. The Morgan fingerprint density at radius 2 is 1.97 bits per heavy atom. The van der Waals surface area contributed by atoms with Crippen LogP contribution in [0.1, 0.15) is 35.3 Å². The number of benzene rings is 2. The topological polar surface area (TPSA) is 91.3 Å². The Balaban J connectivity index is 1.49. The smallest absolute Gasteiger partial charge is 0.225 e. The third-order valence-electron chi connectivity index (χ3n) is 5.35. The van der Waals surface area contributed by atoms with Crippen molar-refractivity contribution in [2.75, 3.05) is 6.61 Å². The normalized spacial score (nSPS) is 29.5. The van der Waals surface area contributed by atoms with E-state index in [0.29, 0.717) is 29.9 Å². The molecule has 7 nitrogen and oxygen atoms in total. The van der Waals surface area contributed by atoms with Crippen LogP contribution in [0.4, 0.5) is 0 Å². The molecule has 0 amide bonds. The van der Waals surface area contributed by atoms with Crippen LogP contribution in [0, 0.1) is 0 Å². The summed E-state index contributed by atoms with van der Waals surface area (Å²) < 4.78 is 21.9. The van der Waals surface area contributed by atoms with E-state index < -0.39 is 36.2 Å². The van der Waals surface area contributed by atoms with Crippen LogP contribution in [0.5, 0.6) is 5.75 Å². The first-order valence-electron chi connectivity index (χ1n) is 10.0. The fourth-order valence-electron chi connectivity index (χ4n) is 3.77. The lowest BCUT2D eigenvalue weighted by molar-refractivity contribution is -0.207. The quantitative estimate of drug-likeness (QED) is 0.516. The number of aldehydes is 1. The van der Waals surface area contributed by atoms with Crippen molar-refractivity contribution in [2.24, 2.45) is 0 Å². The average Bonchev–Trinajstić information content (AvgIpc) is 3.25. The van der Waals surface area contributed by atoms with E-state index in [1.54, 1.807) is 18.2 Å². The molecule has 0 bridgehead atoms. The Hall–Kier alpha value is -2.29. The monoisotopic (exact) mass is 446 g/mol. The predicted molar refractivity (Wildman–Crippen MR) is 111 cm³/mol. The highest BCUT2D eigenvalue weighted by Crippen LogP contribution is 2.38. The first kappa shape index (κ1) is 21.9. The molecule has 0 saturated carbocycles. The van der Waals surface area contributed by atoms with Crippen molar-refractivity contribution < 1.29 is 33.6 Å². The van der Waals surface area contributed by atoms with Gasteiger partial charge >= 0.3 is 0 Å². The highest BCUT2D eigenvalue weighted by atomic mass is 35.5. The molecule has 164 valence electrons. The Labute approximate surface area is 184 Å². The van der Waals surface area contributed by atoms with E-state index in [-0.39, 0.29) is 0 Å². The summed E-state index contributed by atoms with van der Waals surface area (Å²) in [6, 6.07) is 12.6. The number of Topliss-reactive ketones (excluding diaryl/α,β-unsaturated/α-hetero) is 1. The van der Waals surface area contributed by atoms with Gasteiger partial charge in [-0.1, -0.05) is 23.7 Å². The number of carbonyl (C=O) groups excluding carboxylic acids is 2. The van der Waals surface area contributed by atoms with E-state index in [9.17, 15) is 14.7 Å². The number of aliphatic hydroxyl groups is 1. The van der Waals surface area contributed by atoms with E-state index in [0.717, 1.165) is 16.9 Å². The standard InChI is InChI=1S/C23H23ClO7/c1-3-28-16-7-4-13(5-8-16)10-15-11-14(6-9-17(15)24)18(26)20-19(27)21-22(29-20)31-23(2,12-25)30-21/h4-9,11-12,19-22,27H,3,10H2,1-2H3/t19-,20+,21+,22+,23?/m1/s1. The Bertz CT molecular complexity index is 976. The minimum Gasteiger partial charge on any atom is -0.494 e. The van der Waals surface area contributed by atoms with Gasteiger partial charge in [-0.25, -0.2) is 0 Å². The molecule has 1 unspecified atom stereocenters. The first-order valence-corrected chi connectivity index (χ1v) is 10.4. The van der Waals surface area contributed by atoms with Gasteiger partial charge in [-0.05, 0) is 61.7 Å². The molecule has 0 radical (unpaired) electrons. The Morgan fingerprint density at radius 1 is 1.23 bits per heavy atom. The van der Waals surface area contributed by atoms with E-state index in [4.69, 9.17) is 30.5 Å². The Kier molecular flexibility index (Phi) is 6.14. The molecule has 4 rings (SSSR count). The van der Waals surface area contributed by atoms with Crippen LogP contribution in [0.15, 0.2) is 42.5 Å². The van der Waals surface area contributed by atoms with Crippen LogP contribution in [0.3, 0.4) is 0 Å². The van der Waals surface area contributed by atoms with Gasteiger partial charge in [0.2, 0.25) is 5.79 Å². The molecule has 1 N–H and O–H groups in total. The second-order valence-corrected chi connectivity index (χ2v) is 8.08. The van der Waals surface area contributed by atoms with Gasteiger partial charge in [-0.2, -0.15) is 0 Å². The minimum atomic E-state index is -1.49. The number of ketones is 1. The highest BCUT2D eigenvalue weighted by Gasteiger charge is 2.57. The lowest BCUT2D eigenvalue weighted by Crippen LogP contribution is -2.40. The molecule has 8 heteroatoms. The molecular formula is C23H23ClO7. The molecular weight excluding hydrogens is 424 g/mol. The van der Waals surface area contributed by atoms with Crippen molar-refractivity contribution >= 4 is 23.7 Å². The summed E-state index contributed by atoms with van der Waals surface area (Å²) in [5, 5.41) is 11.1. The number of carbonyl (C=O) groups is 2. The molecule has 5 atom stereocenters. The summed E-state index contributed by atoms with van der Waals surface area (Å²) in [7, 11) is 0. The summed E-state index contributed by atoms with van der Waals surface area (Å²) in [4.78, 5) is 24.1. The van der Waals surface area contributed by atoms with E-state index in [1.165, 1.54) is 6.92 Å². The second kappa shape index (κ2) is 8.68. The minimum absolute atomic E-state index is 0.354. The van der Waals surface area contributed by atoms with Crippen LogP contribution in [-0.4, -0.2) is 54.2 Å². The lowest BCUT2D eigenvalue weighted by Gasteiger charge is -2.21. The number of halogens is 1. The van der Waals surface area contributed by atoms with Crippen molar-refractivity contribution in [1.82, 2.24) is 0 Å². The fraction of sp³-hybridized carbons (Fsp3) is 0.391. The summed E-state index contributed by atoms with van der Waals surface area (Å²) in [6.07, 6.45) is -3.31. The number of aliphatic hydroxyl groups excluding tert-OH is 1. The summed E-state index contributed by atoms with van der Waals surface area (Å²) >= 11 is 6.36. The van der Waals surface area contributed by atoms with E-state index in [2.05, 4.69) is 0 Å². The van der Waals surface area contributed by atoms with Crippen LogP contribution in [0.2, 0.25) is 5.02 Å². The van der Waals surface area contributed by atoms with Crippen molar-refractivity contribution in [3.8, 4) is 5.75 Å². The largest absolute Gasteiger partial charge is 0.494 e. The summed E-state index contributed by atoms with van der Waals surface area (Å²) in [6.45, 7) is 3.95. The van der Waals surface area contributed by atoms with Crippen molar-refractivity contribution in [1.29, 1.82) is 0 Å². The average molecular weight is 447 g/mol. The van der Waals surface area contributed by atoms with Gasteiger partial charge < -0.3 is 24.1 Å². The van der Waals surface area contributed by atoms with Gasteiger partial charge in [-0.15, -0.1) is 0 Å². The van der Waals surface area contributed by atoms with Crippen molar-refractivity contribution in [3.63, 3.8) is 0 Å². The molecule has 0 aromatic heterocycles. The maximum absolute atomic E-state index is 13.0. The molecule has 2 aliphatic heterocycles. The number of hydrogen-bond acceptors (Lipinski definition) is 7.